The van der Waals surface area contributed by atoms with Crippen molar-refractivity contribution in [2.24, 2.45) is 0 Å². The Bertz CT molecular complexity index is 1460. The van der Waals surface area contributed by atoms with Crippen LogP contribution in [0, 0.1) is 5.82 Å². The molecule has 1 aliphatic heterocycles. The molecule has 1 saturated heterocycles. The summed E-state index contributed by atoms with van der Waals surface area (Å²) in [6, 6.07) is 13.6. The number of carbonyl (C=O) groups is 4. The van der Waals surface area contributed by atoms with Gasteiger partial charge >= 0.3 is 6.03 Å². The predicted molar refractivity (Wildman–Crippen MR) is 142 cm³/mol. The van der Waals surface area contributed by atoms with Gasteiger partial charge in [-0.05, 0) is 72.3 Å². The largest absolute Gasteiger partial charge is 0.493 e. The molecule has 0 spiro atoms. The van der Waals surface area contributed by atoms with E-state index < -0.39 is 36.2 Å². The number of hydrogen-bond donors (Lipinski definition) is 2. The number of nitrogens with zero attached hydrogens (tertiary/aromatic N) is 1. The van der Waals surface area contributed by atoms with Gasteiger partial charge < -0.3 is 14.8 Å². The molecule has 4 rings (SSSR count). The lowest BCUT2D eigenvalue weighted by Crippen LogP contribution is -2.54. The topological polar surface area (TPSA) is 114 Å². The van der Waals surface area contributed by atoms with Crippen molar-refractivity contribution in [3.63, 3.8) is 0 Å². The number of anilines is 2. The highest BCUT2D eigenvalue weighted by Crippen LogP contribution is 2.37. The van der Waals surface area contributed by atoms with Crippen LogP contribution in [0.4, 0.5) is 20.6 Å². The third kappa shape index (κ3) is 6.01. The van der Waals surface area contributed by atoms with Gasteiger partial charge in [0, 0.05) is 10.2 Å². The first-order valence-corrected chi connectivity index (χ1v) is 12.1. The zero-order valence-electron chi connectivity index (χ0n) is 19.6. The second-order valence-corrected chi connectivity index (χ2v) is 9.14. The third-order valence-corrected chi connectivity index (χ3v) is 6.03. The number of halogens is 3. The number of benzene rings is 3. The molecule has 1 aliphatic rings. The predicted octanol–water partition coefficient (Wildman–Crippen LogP) is 4.93. The number of urea groups is 1. The summed E-state index contributed by atoms with van der Waals surface area (Å²) in [5.41, 5.74) is 0.648. The number of hydrogen-bond acceptors (Lipinski definition) is 6. The molecule has 5 amide bonds. The fourth-order valence-corrected chi connectivity index (χ4v) is 4.02. The van der Waals surface area contributed by atoms with Crippen molar-refractivity contribution in [3.8, 4) is 11.5 Å². The Morgan fingerprint density at radius 2 is 1.79 bits per heavy atom. The third-order valence-electron chi connectivity index (χ3n) is 5.22. The number of methoxy groups -OCH3 is 1. The molecule has 1 heterocycles. The Hall–Kier alpha value is -4.22. The number of imide groups is 2. The molecule has 0 aromatic heterocycles. The molecule has 9 nitrogen and oxygen atoms in total. The Kier molecular flexibility index (Phi) is 8.08. The van der Waals surface area contributed by atoms with E-state index in [1.54, 1.807) is 24.3 Å². The van der Waals surface area contributed by atoms with E-state index in [1.807, 2.05) is 0 Å². The van der Waals surface area contributed by atoms with Gasteiger partial charge in [-0.15, -0.1) is 0 Å². The Labute approximate surface area is 229 Å². The minimum Gasteiger partial charge on any atom is -0.493 e. The second-order valence-electron chi connectivity index (χ2n) is 7.81. The molecule has 0 radical (unpaired) electrons. The van der Waals surface area contributed by atoms with E-state index in [0.717, 1.165) is 9.37 Å². The molecular formula is C26H18BrClFN3O6. The zero-order chi connectivity index (χ0) is 27.4. The first kappa shape index (κ1) is 26.8. The van der Waals surface area contributed by atoms with E-state index in [-0.39, 0.29) is 27.8 Å². The van der Waals surface area contributed by atoms with E-state index in [2.05, 4.69) is 26.6 Å². The van der Waals surface area contributed by atoms with Gasteiger partial charge in [0.2, 0.25) is 0 Å². The SMILES string of the molecule is COc1cc(/C=C2\C(=O)NC(=O)N(c3ccc(Br)cc3)C2=O)cc(Cl)c1OCC(=O)Nc1ccc(F)cc1. The van der Waals surface area contributed by atoms with Crippen molar-refractivity contribution in [2.75, 3.05) is 23.9 Å². The van der Waals surface area contributed by atoms with Crippen LogP contribution in [-0.2, 0) is 14.4 Å². The minimum absolute atomic E-state index is 0.0373. The fraction of sp³-hybridized carbons (Fsp3) is 0.0769. The standard InChI is InChI=1S/C26H18BrClFN3O6/c1-37-21-12-14(11-20(28)23(21)38-13-22(33)30-17-6-4-16(29)5-7-17)10-19-24(34)31-26(36)32(25(19)35)18-8-2-15(27)3-9-18/h2-12H,13H2,1H3,(H,30,33)(H,31,34,36)/b19-10+. The van der Waals surface area contributed by atoms with Gasteiger partial charge in [-0.2, -0.15) is 0 Å². The van der Waals surface area contributed by atoms with Crippen LogP contribution in [0.3, 0.4) is 0 Å². The van der Waals surface area contributed by atoms with Crippen molar-refractivity contribution in [3.05, 3.63) is 87.1 Å². The molecule has 0 saturated carbocycles. The van der Waals surface area contributed by atoms with Crippen LogP contribution in [0.1, 0.15) is 5.56 Å². The maximum atomic E-state index is 13.1. The van der Waals surface area contributed by atoms with Gasteiger partial charge in [-0.25, -0.2) is 14.1 Å². The Balaban J connectivity index is 1.55. The summed E-state index contributed by atoms with van der Waals surface area (Å²) in [6.07, 6.45) is 1.26. The minimum atomic E-state index is -0.877. The van der Waals surface area contributed by atoms with E-state index in [1.165, 1.54) is 49.6 Å². The number of carbonyl (C=O) groups excluding carboxylic acids is 4. The summed E-state index contributed by atoms with van der Waals surface area (Å²) in [5.74, 6) is -2.48. The van der Waals surface area contributed by atoms with Crippen LogP contribution < -0.4 is 25.0 Å². The number of amides is 5. The molecule has 0 atom stereocenters. The van der Waals surface area contributed by atoms with Crippen molar-refractivity contribution < 1.29 is 33.0 Å². The Morgan fingerprint density at radius 1 is 1.11 bits per heavy atom. The summed E-state index contributed by atoms with van der Waals surface area (Å²) in [5, 5.41) is 4.74. The quantitative estimate of drug-likeness (QED) is 0.293. The Morgan fingerprint density at radius 3 is 2.45 bits per heavy atom. The molecule has 1 fully saturated rings. The second kappa shape index (κ2) is 11.4. The van der Waals surface area contributed by atoms with Gasteiger partial charge in [-0.1, -0.05) is 27.5 Å². The first-order valence-electron chi connectivity index (χ1n) is 10.9. The van der Waals surface area contributed by atoms with E-state index >= 15 is 0 Å². The summed E-state index contributed by atoms with van der Waals surface area (Å²) in [7, 11) is 1.35. The first-order chi connectivity index (χ1) is 18.2. The molecule has 38 heavy (non-hydrogen) atoms. The number of ether oxygens (including phenoxy) is 2. The van der Waals surface area contributed by atoms with Crippen LogP contribution in [0.5, 0.6) is 11.5 Å². The van der Waals surface area contributed by atoms with E-state index in [9.17, 15) is 23.6 Å². The van der Waals surface area contributed by atoms with Crippen LogP contribution in [-0.4, -0.2) is 37.5 Å². The maximum Gasteiger partial charge on any atom is 0.335 e. The maximum absolute atomic E-state index is 13.1. The molecule has 0 bridgehead atoms. The number of rotatable bonds is 7. The lowest BCUT2D eigenvalue weighted by atomic mass is 10.1. The van der Waals surface area contributed by atoms with Crippen LogP contribution in [0.2, 0.25) is 5.02 Å². The summed E-state index contributed by atoms with van der Waals surface area (Å²) in [4.78, 5) is 51.1. The molecule has 194 valence electrons. The molecule has 2 N–H and O–H groups in total. The highest BCUT2D eigenvalue weighted by Gasteiger charge is 2.36. The molecule has 0 aliphatic carbocycles. The van der Waals surface area contributed by atoms with E-state index in [0.29, 0.717) is 11.3 Å². The van der Waals surface area contributed by atoms with Gasteiger partial charge in [0.05, 0.1) is 17.8 Å². The van der Waals surface area contributed by atoms with Gasteiger partial charge in [0.15, 0.2) is 18.1 Å². The summed E-state index contributed by atoms with van der Waals surface area (Å²) < 4.78 is 24.6. The van der Waals surface area contributed by atoms with Gasteiger partial charge in [0.25, 0.3) is 17.7 Å². The van der Waals surface area contributed by atoms with Crippen LogP contribution >= 0.6 is 27.5 Å². The lowest BCUT2D eigenvalue weighted by molar-refractivity contribution is -0.122. The average molecular weight is 603 g/mol. The average Bonchev–Trinajstić information content (AvgIpc) is 2.88. The van der Waals surface area contributed by atoms with Crippen molar-refractivity contribution in [1.29, 1.82) is 0 Å². The molecule has 3 aromatic carbocycles. The van der Waals surface area contributed by atoms with Crippen molar-refractivity contribution in [2.45, 2.75) is 0 Å². The number of nitrogens with one attached hydrogen (secondary N) is 2. The normalized spacial score (nSPS) is 14.4. The summed E-state index contributed by atoms with van der Waals surface area (Å²) in [6.45, 7) is -0.432. The molecule has 3 aromatic rings. The van der Waals surface area contributed by atoms with Crippen LogP contribution in [0.15, 0.2) is 70.7 Å². The zero-order valence-corrected chi connectivity index (χ0v) is 21.9. The summed E-state index contributed by atoms with van der Waals surface area (Å²) >= 11 is 9.65. The monoisotopic (exact) mass is 601 g/mol. The lowest BCUT2D eigenvalue weighted by Gasteiger charge is -2.26. The van der Waals surface area contributed by atoms with Gasteiger partial charge in [0.1, 0.15) is 11.4 Å². The van der Waals surface area contributed by atoms with Crippen LogP contribution in [0.25, 0.3) is 6.08 Å². The van der Waals surface area contributed by atoms with Gasteiger partial charge in [-0.3, -0.25) is 19.7 Å². The molecular weight excluding hydrogens is 585 g/mol. The number of barbiturate groups is 1. The smallest absolute Gasteiger partial charge is 0.335 e. The molecule has 0 unspecified atom stereocenters. The highest BCUT2D eigenvalue weighted by atomic mass is 79.9. The highest BCUT2D eigenvalue weighted by molar-refractivity contribution is 9.10. The fourth-order valence-electron chi connectivity index (χ4n) is 3.48. The van der Waals surface area contributed by atoms with Crippen molar-refractivity contribution >= 4 is 68.7 Å². The van der Waals surface area contributed by atoms with Crippen molar-refractivity contribution in [1.82, 2.24) is 5.32 Å². The van der Waals surface area contributed by atoms with E-state index in [4.69, 9.17) is 21.1 Å². The molecule has 12 heteroatoms.